The molecule has 4 nitrogen and oxygen atoms in total. The van der Waals surface area contributed by atoms with Crippen molar-refractivity contribution >= 4 is 11.8 Å². The van der Waals surface area contributed by atoms with Crippen LogP contribution in [0.4, 0.5) is 0 Å². The van der Waals surface area contributed by atoms with E-state index in [0.717, 1.165) is 17.5 Å². The number of nitrogens with one attached hydrogen (secondary N) is 2. The van der Waals surface area contributed by atoms with E-state index < -0.39 is 0 Å². The standard InChI is InChI=1S/C18H18N2O2/c21-17-10-9-16(20-17)12-19-18(22)15-8-4-7-14(11-15)13-5-2-1-3-6-13/h1-8,11,16H,9-10,12H2,(H,19,22)(H,20,21). The van der Waals surface area contributed by atoms with Crippen molar-refractivity contribution in [3.05, 3.63) is 60.2 Å². The highest BCUT2D eigenvalue weighted by Crippen LogP contribution is 2.20. The molecule has 0 spiro atoms. The molecular formula is C18H18N2O2. The van der Waals surface area contributed by atoms with Crippen LogP contribution < -0.4 is 10.6 Å². The second kappa shape index (κ2) is 6.43. The van der Waals surface area contributed by atoms with Crippen molar-refractivity contribution in [1.82, 2.24) is 10.6 Å². The van der Waals surface area contributed by atoms with Crippen LogP contribution in [-0.2, 0) is 4.79 Å². The molecule has 1 heterocycles. The molecular weight excluding hydrogens is 276 g/mol. The Kier molecular flexibility index (Phi) is 4.19. The smallest absolute Gasteiger partial charge is 0.251 e. The van der Waals surface area contributed by atoms with Gasteiger partial charge in [-0.05, 0) is 29.7 Å². The van der Waals surface area contributed by atoms with Gasteiger partial charge in [0, 0.05) is 24.6 Å². The van der Waals surface area contributed by atoms with Crippen molar-refractivity contribution in [2.45, 2.75) is 18.9 Å². The number of rotatable bonds is 4. The Labute approximate surface area is 129 Å². The Balaban J connectivity index is 1.67. The van der Waals surface area contributed by atoms with E-state index in [0.29, 0.717) is 18.5 Å². The Bertz CT molecular complexity index is 682. The molecule has 2 aromatic carbocycles. The number of hydrogen-bond donors (Lipinski definition) is 2. The van der Waals surface area contributed by atoms with Gasteiger partial charge in [0.2, 0.25) is 5.91 Å². The maximum Gasteiger partial charge on any atom is 0.251 e. The molecule has 112 valence electrons. The molecule has 0 bridgehead atoms. The van der Waals surface area contributed by atoms with Crippen molar-refractivity contribution in [3.63, 3.8) is 0 Å². The van der Waals surface area contributed by atoms with Gasteiger partial charge in [-0.15, -0.1) is 0 Å². The summed E-state index contributed by atoms with van der Waals surface area (Å²) in [6.45, 7) is 0.472. The minimum absolute atomic E-state index is 0.0498. The van der Waals surface area contributed by atoms with E-state index in [4.69, 9.17) is 0 Å². The van der Waals surface area contributed by atoms with Crippen molar-refractivity contribution in [2.75, 3.05) is 6.54 Å². The summed E-state index contributed by atoms with van der Waals surface area (Å²) in [6.07, 6.45) is 1.33. The molecule has 0 aromatic heterocycles. The highest BCUT2D eigenvalue weighted by Gasteiger charge is 2.21. The Morgan fingerprint density at radius 2 is 1.86 bits per heavy atom. The summed E-state index contributed by atoms with van der Waals surface area (Å²) >= 11 is 0. The maximum absolute atomic E-state index is 12.2. The second-order valence-corrected chi connectivity index (χ2v) is 5.46. The zero-order valence-electron chi connectivity index (χ0n) is 12.2. The molecule has 2 N–H and O–H groups in total. The van der Waals surface area contributed by atoms with Crippen LogP contribution in [0, 0.1) is 0 Å². The minimum atomic E-state index is -0.112. The van der Waals surface area contributed by atoms with Gasteiger partial charge in [-0.1, -0.05) is 42.5 Å². The van der Waals surface area contributed by atoms with E-state index >= 15 is 0 Å². The lowest BCUT2D eigenvalue weighted by Gasteiger charge is -2.12. The number of hydrogen-bond acceptors (Lipinski definition) is 2. The molecule has 0 aliphatic carbocycles. The minimum Gasteiger partial charge on any atom is -0.352 e. The van der Waals surface area contributed by atoms with Gasteiger partial charge >= 0.3 is 0 Å². The lowest BCUT2D eigenvalue weighted by atomic mass is 10.0. The molecule has 2 amide bonds. The van der Waals surface area contributed by atoms with Crippen LogP contribution in [-0.4, -0.2) is 24.4 Å². The first kappa shape index (κ1) is 14.3. The fourth-order valence-electron chi connectivity index (χ4n) is 2.62. The molecule has 1 saturated heterocycles. The molecule has 1 unspecified atom stereocenters. The molecule has 0 saturated carbocycles. The lowest BCUT2D eigenvalue weighted by molar-refractivity contribution is -0.119. The molecule has 1 fully saturated rings. The number of amides is 2. The largest absolute Gasteiger partial charge is 0.352 e. The quantitative estimate of drug-likeness (QED) is 0.909. The first-order chi connectivity index (χ1) is 10.7. The molecule has 3 rings (SSSR count). The van der Waals surface area contributed by atoms with Crippen LogP contribution in [0.3, 0.4) is 0 Å². The SMILES string of the molecule is O=C1CCC(CNC(=O)c2cccc(-c3ccccc3)c2)N1. The van der Waals surface area contributed by atoms with E-state index in [1.807, 2.05) is 48.5 Å². The maximum atomic E-state index is 12.2. The van der Waals surface area contributed by atoms with E-state index in [9.17, 15) is 9.59 Å². The van der Waals surface area contributed by atoms with Crippen LogP contribution in [0.2, 0.25) is 0 Å². The van der Waals surface area contributed by atoms with Gasteiger partial charge in [-0.3, -0.25) is 9.59 Å². The van der Waals surface area contributed by atoms with Gasteiger partial charge in [0.15, 0.2) is 0 Å². The molecule has 0 radical (unpaired) electrons. The first-order valence-electron chi connectivity index (χ1n) is 7.45. The van der Waals surface area contributed by atoms with E-state index in [2.05, 4.69) is 10.6 Å². The van der Waals surface area contributed by atoms with Gasteiger partial charge in [0.05, 0.1) is 0 Å². The van der Waals surface area contributed by atoms with E-state index in [1.54, 1.807) is 6.07 Å². The zero-order valence-corrected chi connectivity index (χ0v) is 12.2. The first-order valence-corrected chi connectivity index (χ1v) is 7.45. The lowest BCUT2D eigenvalue weighted by Crippen LogP contribution is -2.38. The summed E-state index contributed by atoms with van der Waals surface area (Å²) in [5.41, 5.74) is 2.73. The highest BCUT2D eigenvalue weighted by atomic mass is 16.2. The Morgan fingerprint density at radius 3 is 2.59 bits per heavy atom. The Morgan fingerprint density at radius 1 is 1.09 bits per heavy atom. The molecule has 1 aliphatic rings. The van der Waals surface area contributed by atoms with Crippen molar-refractivity contribution in [1.29, 1.82) is 0 Å². The fourth-order valence-corrected chi connectivity index (χ4v) is 2.62. The van der Waals surface area contributed by atoms with Gasteiger partial charge in [-0.2, -0.15) is 0 Å². The monoisotopic (exact) mass is 294 g/mol. The molecule has 1 atom stereocenters. The van der Waals surface area contributed by atoms with Gasteiger partial charge in [0.1, 0.15) is 0 Å². The predicted molar refractivity (Wildman–Crippen MR) is 85.4 cm³/mol. The summed E-state index contributed by atoms with van der Waals surface area (Å²) in [7, 11) is 0. The fraction of sp³-hybridized carbons (Fsp3) is 0.222. The zero-order chi connectivity index (χ0) is 15.4. The van der Waals surface area contributed by atoms with Crippen LogP contribution in [0.25, 0.3) is 11.1 Å². The topological polar surface area (TPSA) is 58.2 Å². The summed E-state index contributed by atoms with van der Waals surface area (Å²) in [5, 5.41) is 5.73. The van der Waals surface area contributed by atoms with Crippen LogP contribution in [0.1, 0.15) is 23.2 Å². The number of carbonyl (C=O) groups excluding carboxylic acids is 2. The third kappa shape index (κ3) is 3.34. The normalized spacial score (nSPS) is 17.1. The van der Waals surface area contributed by atoms with Crippen molar-refractivity contribution < 1.29 is 9.59 Å². The van der Waals surface area contributed by atoms with Crippen molar-refractivity contribution in [3.8, 4) is 11.1 Å². The number of carbonyl (C=O) groups is 2. The number of benzene rings is 2. The molecule has 1 aliphatic heterocycles. The van der Waals surface area contributed by atoms with Crippen LogP contribution >= 0.6 is 0 Å². The van der Waals surface area contributed by atoms with Crippen LogP contribution in [0.5, 0.6) is 0 Å². The van der Waals surface area contributed by atoms with Gasteiger partial charge in [-0.25, -0.2) is 0 Å². The van der Waals surface area contributed by atoms with Gasteiger partial charge < -0.3 is 10.6 Å². The average molecular weight is 294 g/mol. The van der Waals surface area contributed by atoms with Crippen molar-refractivity contribution in [2.24, 2.45) is 0 Å². The average Bonchev–Trinajstić information content (AvgIpc) is 2.99. The summed E-state index contributed by atoms with van der Waals surface area (Å²) < 4.78 is 0. The summed E-state index contributed by atoms with van der Waals surface area (Å²) in [4.78, 5) is 23.4. The third-order valence-electron chi connectivity index (χ3n) is 3.83. The summed E-state index contributed by atoms with van der Waals surface area (Å²) in [6, 6.07) is 17.6. The summed E-state index contributed by atoms with van der Waals surface area (Å²) in [5.74, 6) is -0.0516. The second-order valence-electron chi connectivity index (χ2n) is 5.46. The third-order valence-corrected chi connectivity index (χ3v) is 3.83. The molecule has 2 aromatic rings. The van der Waals surface area contributed by atoms with E-state index in [1.165, 1.54) is 0 Å². The van der Waals surface area contributed by atoms with Gasteiger partial charge in [0.25, 0.3) is 5.91 Å². The highest BCUT2D eigenvalue weighted by molar-refractivity contribution is 5.95. The molecule has 4 heteroatoms. The Hall–Kier alpha value is -2.62. The van der Waals surface area contributed by atoms with E-state index in [-0.39, 0.29) is 17.9 Å². The predicted octanol–water partition coefficient (Wildman–Crippen LogP) is 2.36. The molecule has 22 heavy (non-hydrogen) atoms. The van der Waals surface area contributed by atoms with Crippen LogP contribution in [0.15, 0.2) is 54.6 Å².